The molecular weight excluding hydrogens is 270 g/mol. The van der Waals surface area contributed by atoms with E-state index in [1.54, 1.807) is 24.7 Å². The summed E-state index contributed by atoms with van der Waals surface area (Å²) in [4.78, 5) is 29.9. The summed E-state index contributed by atoms with van der Waals surface area (Å²) in [6.45, 7) is 0. The lowest BCUT2D eigenvalue weighted by atomic mass is 10.1. The van der Waals surface area contributed by atoms with Crippen molar-refractivity contribution in [1.29, 1.82) is 0 Å². The van der Waals surface area contributed by atoms with Crippen LogP contribution in [0.4, 0.5) is 5.69 Å². The zero-order valence-electron chi connectivity index (χ0n) is 11.1. The molecule has 2 heterocycles. The second-order valence-corrected chi connectivity index (χ2v) is 4.59. The van der Waals surface area contributed by atoms with E-state index in [1.807, 2.05) is 12.1 Å². The molecule has 2 amide bonds. The van der Waals surface area contributed by atoms with Crippen molar-refractivity contribution in [2.45, 2.75) is 12.8 Å². The van der Waals surface area contributed by atoms with E-state index in [1.165, 1.54) is 0 Å². The summed E-state index contributed by atoms with van der Waals surface area (Å²) in [6, 6.07) is 7.37. The molecule has 0 unspecified atom stereocenters. The van der Waals surface area contributed by atoms with E-state index >= 15 is 0 Å². The molecule has 2 aromatic rings. The lowest BCUT2D eigenvalue weighted by Gasteiger charge is -2.12. The standard InChI is InChI=1S/C14H13N5O2/c20-13-6-5-11(18-19-13)14(21)17-10-3-1-9(2-4-10)12-7-15-8-16-12/h1-4,7-8H,5-6H2,(H,15,16)(H,17,21)(H,19,20). The fourth-order valence-corrected chi connectivity index (χ4v) is 1.99. The van der Waals surface area contributed by atoms with E-state index in [4.69, 9.17) is 0 Å². The van der Waals surface area contributed by atoms with Crippen molar-refractivity contribution in [3.05, 3.63) is 36.8 Å². The van der Waals surface area contributed by atoms with Crippen molar-refractivity contribution in [2.75, 3.05) is 5.32 Å². The van der Waals surface area contributed by atoms with Gasteiger partial charge in [0.2, 0.25) is 5.91 Å². The molecule has 0 saturated carbocycles. The monoisotopic (exact) mass is 283 g/mol. The zero-order chi connectivity index (χ0) is 14.7. The minimum atomic E-state index is -0.302. The van der Waals surface area contributed by atoms with Gasteiger partial charge in [-0.15, -0.1) is 0 Å². The lowest BCUT2D eigenvalue weighted by Crippen LogP contribution is -2.32. The molecule has 21 heavy (non-hydrogen) atoms. The van der Waals surface area contributed by atoms with E-state index in [0.717, 1.165) is 11.3 Å². The second-order valence-electron chi connectivity index (χ2n) is 4.59. The topological polar surface area (TPSA) is 99.2 Å². The zero-order valence-corrected chi connectivity index (χ0v) is 11.1. The number of carbonyl (C=O) groups excluding carboxylic acids is 2. The van der Waals surface area contributed by atoms with Gasteiger partial charge in [-0.3, -0.25) is 9.59 Å². The van der Waals surface area contributed by atoms with Gasteiger partial charge in [0.1, 0.15) is 5.71 Å². The number of benzene rings is 1. The fraction of sp³-hybridized carbons (Fsp3) is 0.143. The number of hydrogen-bond donors (Lipinski definition) is 3. The van der Waals surface area contributed by atoms with Crippen LogP contribution in [0.3, 0.4) is 0 Å². The lowest BCUT2D eigenvalue weighted by molar-refractivity contribution is -0.121. The molecule has 0 spiro atoms. The van der Waals surface area contributed by atoms with E-state index in [9.17, 15) is 9.59 Å². The van der Waals surface area contributed by atoms with Crippen LogP contribution in [0.5, 0.6) is 0 Å². The molecule has 0 radical (unpaired) electrons. The number of hydrogen-bond acceptors (Lipinski definition) is 4. The van der Waals surface area contributed by atoms with E-state index in [2.05, 4.69) is 25.8 Å². The van der Waals surface area contributed by atoms with Gasteiger partial charge in [-0.25, -0.2) is 10.4 Å². The van der Waals surface area contributed by atoms with Gasteiger partial charge in [0, 0.05) is 18.5 Å². The van der Waals surface area contributed by atoms with Crippen LogP contribution in [0, 0.1) is 0 Å². The van der Waals surface area contributed by atoms with Crippen molar-refractivity contribution in [2.24, 2.45) is 5.10 Å². The maximum absolute atomic E-state index is 12.0. The maximum Gasteiger partial charge on any atom is 0.271 e. The Morgan fingerprint density at radius 1 is 1.19 bits per heavy atom. The van der Waals surface area contributed by atoms with Crippen LogP contribution >= 0.6 is 0 Å². The average molecular weight is 283 g/mol. The quantitative estimate of drug-likeness (QED) is 0.791. The molecule has 7 heteroatoms. The van der Waals surface area contributed by atoms with Crippen molar-refractivity contribution >= 4 is 23.2 Å². The van der Waals surface area contributed by atoms with E-state index < -0.39 is 0 Å². The van der Waals surface area contributed by atoms with Gasteiger partial charge in [0.15, 0.2) is 0 Å². The van der Waals surface area contributed by atoms with Crippen molar-refractivity contribution in [1.82, 2.24) is 15.4 Å². The van der Waals surface area contributed by atoms with Crippen LogP contribution in [-0.4, -0.2) is 27.5 Å². The Balaban J connectivity index is 1.68. The van der Waals surface area contributed by atoms with Gasteiger partial charge >= 0.3 is 0 Å². The van der Waals surface area contributed by atoms with Gasteiger partial charge in [-0.05, 0) is 17.7 Å². The molecule has 1 aromatic carbocycles. The van der Waals surface area contributed by atoms with Gasteiger partial charge in [0.05, 0.1) is 18.2 Å². The highest BCUT2D eigenvalue weighted by molar-refractivity contribution is 6.43. The molecule has 0 aliphatic carbocycles. The van der Waals surface area contributed by atoms with Crippen LogP contribution in [0.15, 0.2) is 41.9 Å². The van der Waals surface area contributed by atoms with E-state index in [-0.39, 0.29) is 18.2 Å². The Bertz CT molecular complexity index is 689. The van der Waals surface area contributed by atoms with Crippen molar-refractivity contribution in [3.63, 3.8) is 0 Å². The summed E-state index contributed by atoms with van der Waals surface area (Å²) in [6.07, 6.45) is 3.97. The number of nitrogens with zero attached hydrogens (tertiary/aromatic N) is 2. The van der Waals surface area contributed by atoms with Crippen molar-refractivity contribution in [3.8, 4) is 11.3 Å². The smallest absolute Gasteiger partial charge is 0.271 e. The van der Waals surface area contributed by atoms with Crippen LogP contribution < -0.4 is 10.7 Å². The number of anilines is 1. The minimum Gasteiger partial charge on any atom is -0.345 e. The first-order chi connectivity index (χ1) is 10.2. The number of H-pyrrole nitrogens is 1. The number of carbonyl (C=O) groups is 2. The summed E-state index contributed by atoms with van der Waals surface area (Å²) >= 11 is 0. The van der Waals surface area contributed by atoms with Gasteiger partial charge < -0.3 is 10.3 Å². The van der Waals surface area contributed by atoms with Crippen LogP contribution in [-0.2, 0) is 9.59 Å². The number of aromatic amines is 1. The number of aromatic nitrogens is 2. The number of nitrogens with one attached hydrogen (secondary N) is 3. The average Bonchev–Trinajstić information content (AvgIpc) is 3.03. The fourth-order valence-electron chi connectivity index (χ4n) is 1.99. The predicted molar refractivity (Wildman–Crippen MR) is 77.5 cm³/mol. The SMILES string of the molecule is O=C1CCC(C(=O)Nc2ccc(-c3cnc[nH]3)cc2)=NN1. The molecule has 7 nitrogen and oxygen atoms in total. The largest absolute Gasteiger partial charge is 0.345 e. The summed E-state index contributed by atoms with van der Waals surface area (Å²) in [5, 5.41) is 6.51. The molecule has 1 aliphatic rings. The molecule has 1 aromatic heterocycles. The Kier molecular flexibility index (Phi) is 3.46. The first-order valence-electron chi connectivity index (χ1n) is 6.48. The van der Waals surface area contributed by atoms with E-state index in [0.29, 0.717) is 17.8 Å². The first kappa shape index (κ1) is 13.0. The predicted octanol–water partition coefficient (Wildman–Crippen LogP) is 1.28. The highest BCUT2D eigenvalue weighted by Gasteiger charge is 2.18. The molecule has 106 valence electrons. The highest BCUT2D eigenvalue weighted by Crippen LogP contribution is 2.18. The summed E-state index contributed by atoms with van der Waals surface area (Å²) in [5.41, 5.74) is 5.19. The summed E-state index contributed by atoms with van der Waals surface area (Å²) in [7, 11) is 0. The summed E-state index contributed by atoms with van der Waals surface area (Å²) < 4.78 is 0. The Hall–Kier alpha value is -2.96. The number of hydrazone groups is 1. The third-order valence-electron chi connectivity index (χ3n) is 3.12. The number of imidazole rings is 1. The third kappa shape index (κ3) is 2.97. The molecular formula is C14H13N5O2. The molecule has 0 saturated heterocycles. The number of rotatable bonds is 3. The third-order valence-corrected chi connectivity index (χ3v) is 3.12. The normalized spacial score (nSPS) is 14.3. The molecule has 3 N–H and O–H groups in total. The minimum absolute atomic E-state index is 0.171. The van der Waals surface area contributed by atoms with Crippen LogP contribution in [0.25, 0.3) is 11.3 Å². The molecule has 0 bridgehead atoms. The van der Waals surface area contributed by atoms with Gasteiger partial charge in [-0.2, -0.15) is 5.10 Å². The van der Waals surface area contributed by atoms with Crippen LogP contribution in [0.1, 0.15) is 12.8 Å². The summed E-state index contributed by atoms with van der Waals surface area (Å²) in [5.74, 6) is -0.472. The Morgan fingerprint density at radius 2 is 2.00 bits per heavy atom. The molecule has 0 fully saturated rings. The number of amides is 2. The Morgan fingerprint density at radius 3 is 2.62 bits per heavy atom. The molecule has 0 atom stereocenters. The van der Waals surface area contributed by atoms with Gasteiger partial charge in [-0.1, -0.05) is 12.1 Å². The van der Waals surface area contributed by atoms with Crippen LogP contribution in [0.2, 0.25) is 0 Å². The first-order valence-corrected chi connectivity index (χ1v) is 6.48. The van der Waals surface area contributed by atoms with Gasteiger partial charge in [0.25, 0.3) is 5.91 Å². The van der Waals surface area contributed by atoms with Crippen molar-refractivity contribution < 1.29 is 9.59 Å². The maximum atomic E-state index is 12.0. The highest BCUT2D eigenvalue weighted by atomic mass is 16.2. The second kappa shape index (κ2) is 5.58. The molecule has 1 aliphatic heterocycles. The Labute approximate surface area is 120 Å². The molecule has 3 rings (SSSR count).